The van der Waals surface area contributed by atoms with Crippen LogP contribution in [0.4, 0.5) is 4.39 Å². The van der Waals surface area contributed by atoms with Crippen LogP contribution in [0.5, 0.6) is 5.75 Å². The summed E-state index contributed by atoms with van der Waals surface area (Å²) in [5.41, 5.74) is 8.03. The first-order chi connectivity index (χ1) is 25.1. The van der Waals surface area contributed by atoms with E-state index in [1.54, 1.807) is 36.6 Å². The van der Waals surface area contributed by atoms with Crippen molar-refractivity contribution < 1.29 is 28.5 Å². The van der Waals surface area contributed by atoms with Gasteiger partial charge in [-0.3, -0.25) is 9.36 Å². The third kappa shape index (κ3) is 7.04. The van der Waals surface area contributed by atoms with E-state index in [0.29, 0.717) is 60.5 Å². The van der Waals surface area contributed by atoms with Crippen molar-refractivity contribution in [1.29, 1.82) is 0 Å². The number of rotatable bonds is 6. The van der Waals surface area contributed by atoms with Crippen LogP contribution in [0.1, 0.15) is 50.7 Å². The summed E-state index contributed by atoms with van der Waals surface area (Å²) in [6.07, 6.45) is 2.49. The number of aromatic carboxylic acids is 1. The molecule has 10 nitrogen and oxygen atoms in total. The lowest BCUT2D eigenvalue weighted by atomic mass is 10.00. The summed E-state index contributed by atoms with van der Waals surface area (Å²) in [6.45, 7) is 1.51. The Balaban J connectivity index is 1.35. The minimum Gasteiger partial charge on any atom is -0.493 e. The van der Waals surface area contributed by atoms with E-state index in [1.165, 1.54) is 12.1 Å². The van der Waals surface area contributed by atoms with Crippen LogP contribution in [-0.2, 0) is 68.0 Å². The normalized spacial score (nSPS) is 14.0. The molecule has 1 N–H and O–H groups in total. The second-order valence-corrected chi connectivity index (χ2v) is 14.5. The zero-order chi connectivity index (χ0) is 36.5. The third-order valence-corrected chi connectivity index (χ3v) is 11.0. The zero-order valence-electron chi connectivity index (χ0n) is 29.7. The average Bonchev–Trinajstić information content (AvgIpc) is 3.72. The Bertz CT molecular complexity index is 2300. The van der Waals surface area contributed by atoms with Gasteiger partial charge in [0.25, 0.3) is 0 Å². The zero-order valence-corrected chi connectivity index (χ0v) is 31.2. The highest BCUT2D eigenvalue weighted by Gasteiger charge is 2.28. The minimum atomic E-state index is -1.02. The number of benzene rings is 3. The summed E-state index contributed by atoms with van der Waals surface area (Å²) in [4.78, 5) is 12.9. The molecule has 6 aromatic rings. The molecule has 0 radical (unpaired) electrons. The Hall–Kier alpha value is -4.36. The second kappa shape index (κ2) is 15.3. The van der Waals surface area contributed by atoms with Gasteiger partial charge in [0, 0.05) is 67.4 Å². The van der Waals surface area contributed by atoms with Gasteiger partial charge in [-0.1, -0.05) is 23.7 Å². The highest BCUT2D eigenvalue weighted by molar-refractivity contribution is 7.97. The molecule has 8 bridgehead atoms. The lowest BCUT2D eigenvalue weighted by Gasteiger charge is -2.13. The van der Waals surface area contributed by atoms with Crippen LogP contribution in [0.25, 0.3) is 32.9 Å². The molecule has 0 spiro atoms. The Morgan fingerprint density at radius 1 is 0.981 bits per heavy atom. The van der Waals surface area contributed by atoms with Gasteiger partial charge >= 0.3 is 5.97 Å². The smallest absolute Gasteiger partial charge is 0.352 e. The predicted molar refractivity (Wildman–Crippen MR) is 202 cm³/mol. The molecule has 1 aliphatic rings. The molecule has 4 heterocycles. The monoisotopic (exact) mass is 745 g/mol. The molecule has 1 aliphatic heterocycles. The van der Waals surface area contributed by atoms with Crippen LogP contribution >= 0.6 is 23.4 Å². The van der Waals surface area contributed by atoms with Crippen LogP contribution in [0.2, 0.25) is 5.02 Å². The van der Waals surface area contributed by atoms with Crippen LogP contribution in [0.15, 0.2) is 48.5 Å². The topological polar surface area (TPSA) is 106 Å². The number of aromatic nitrogens is 5. The van der Waals surface area contributed by atoms with Crippen LogP contribution in [0.3, 0.4) is 0 Å². The fourth-order valence-electron chi connectivity index (χ4n) is 7.33. The average molecular weight is 746 g/mol. The van der Waals surface area contributed by atoms with E-state index in [0.717, 1.165) is 74.0 Å². The van der Waals surface area contributed by atoms with Crippen molar-refractivity contribution in [3.63, 3.8) is 0 Å². The Labute approximate surface area is 310 Å². The number of aryl methyl sites for hydroxylation is 6. The number of fused-ring (bicyclic) bond motifs is 8. The maximum Gasteiger partial charge on any atom is 0.352 e. The maximum absolute atomic E-state index is 14.4. The number of hydrogen-bond acceptors (Lipinski definition) is 7. The quantitative estimate of drug-likeness (QED) is 0.173. The van der Waals surface area contributed by atoms with E-state index in [9.17, 15) is 14.3 Å². The summed E-state index contributed by atoms with van der Waals surface area (Å²) >= 11 is 8.78. The highest BCUT2D eigenvalue weighted by atomic mass is 35.5. The lowest BCUT2D eigenvalue weighted by Crippen LogP contribution is -2.09. The first-order valence-corrected chi connectivity index (χ1v) is 18.8. The van der Waals surface area contributed by atoms with E-state index in [4.69, 9.17) is 36.0 Å². The fraction of sp³-hybridized carbons (Fsp3) is 0.359. The molecule has 0 amide bonds. The molecular weight excluding hydrogens is 705 g/mol. The number of carboxylic acid groups (broad SMARTS) is 1. The lowest BCUT2D eigenvalue weighted by molar-refractivity contribution is 0.0598. The number of methoxy groups -OCH3 is 1. The number of carbonyl (C=O) groups is 1. The molecule has 0 fully saturated rings. The van der Waals surface area contributed by atoms with Gasteiger partial charge in [-0.05, 0) is 78.6 Å². The summed E-state index contributed by atoms with van der Waals surface area (Å²) < 4.78 is 37.4. The van der Waals surface area contributed by atoms with Gasteiger partial charge in [0.1, 0.15) is 17.3 Å². The van der Waals surface area contributed by atoms with E-state index in [-0.39, 0.29) is 18.1 Å². The van der Waals surface area contributed by atoms with Gasteiger partial charge in [-0.25, -0.2) is 9.18 Å². The summed E-state index contributed by atoms with van der Waals surface area (Å²) in [5.74, 6) is 0.615. The first kappa shape index (κ1) is 36.0. The molecule has 272 valence electrons. The van der Waals surface area contributed by atoms with Crippen LogP contribution in [0, 0.1) is 5.82 Å². The maximum atomic E-state index is 14.4. The number of nitrogens with zero attached hydrogens (tertiary/aromatic N) is 5. The number of thioether (sulfide) groups is 1. The third-order valence-electron chi connectivity index (χ3n) is 9.71. The SMILES string of the molecule is COCCOCc1nn(C)c2c1CSCc1cc(n(C)n1)CCc1cc(c3ccc(F)cc3c1)OCCCc1c(C(=O)O)n(C)c3c-2c(Cl)ccc13. The number of carboxylic acids is 1. The van der Waals surface area contributed by atoms with Crippen LogP contribution < -0.4 is 4.74 Å². The van der Waals surface area contributed by atoms with Crippen molar-refractivity contribution in [2.75, 3.05) is 26.9 Å². The Kier molecular flexibility index (Phi) is 10.6. The largest absolute Gasteiger partial charge is 0.493 e. The van der Waals surface area contributed by atoms with Gasteiger partial charge in [0.2, 0.25) is 0 Å². The molecule has 3 aromatic heterocycles. The van der Waals surface area contributed by atoms with E-state index >= 15 is 0 Å². The van der Waals surface area contributed by atoms with Crippen molar-refractivity contribution in [3.8, 4) is 17.0 Å². The van der Waals surface area contributed by atoms with Gasteiger partial charge in [0.15, 0.2) is 0 Å². The Morgan fingerprint density at radius 2 is 1.81 bits per heavy atom. The molecule has 0 saturated carbocycles. The summed E-state index contributed by atoms with van der Waals surface area (Å²) in [7, 11) is 7.26. The molecule has 52 heavy (non-hydrogen) atoms. The van der Waals surface area contributed by atoms with Crippen molar-refractivity contribution >= 4 is 51.0 Å². The minimum absolute atomic E-state index is 0.204. The predicted octanol–water partition coefficient (Wildman–Crippen LogP) is 7.66. The van der Waals surface area contributed by atoms with Crippen molar-refractivity contribution in [3.05, 3.63) is 98.8 Å². The number of ether oxygens (including phenoxy) is 3. The molecule has 13 heteroatoms. The molecule has 3 aromatic carbocycles. The molecule has 0 unspecified atom stereocenters. The molecular formula is C39H41ClFN5O5S. The molecule has 0 atom stereocenters. The number of halogens is 2. The highest BCUT2D eigenvalue weighted by Crippen LogP contribution is 2.42. The van der Waals surface area contributed by atoms with Crippen LogP contribution in [-0.4, -0.2) is 62.1 Å². The van der Waals surface area contributed by atoms with E-state index in [1.807, 2.05) is 47.7 Å². The van der Waals surface area contributed by atoms with Crippen molar-refractivity contribution in [2.24, 2.45) is 21.1 Å². The summed E-state index contributed by atoms with van der Waals surface area (Å²) in [5, 5.41) is 23.2. The fourth-order valence-corrected chi connectivity index (χ4v) is 8.53. The van der Waals surface area contributed by atoms with Gasteiger partial charge < -0.3 is 23.9 Å². The summed E-state index contributed by atoms with van der Waals surface area (Å²) in [6, 6.07) is 14.7. The molecule has 0 saturated heterocycles. The van der Waals surface area contributed by atoms with Crippen molar-refractivity contribution in [2.45, 2.75) is 43.8 Å². The van der Waals surface area contributed by atoms with E-state index in [2.05, 4.69) is 6.07 Å². The molecule has 0 aliphatic carbocycles. The van der Waals surface area contributed by atoms with Crippen molar-refractivity contribution in [1.82, 2.24) is 24.1 Å². The number of hydrogen-bond donors (Lipinski definition) is 1. The van der Waals surface area contributed by atoms with Gasteiger partial charge in [-0.15, -0.1) is 0 Å². The van der Waals surface area contributed by atoms with E-state index < -0.39 is 5.97 Å². The van der Waals surface area contributed by atoms with Gasteiger partial charge in [0.05, 0.1) is 54.0 Å². The second-order valence-electron chi connectivity index (χ2n) is 13.1. The molecule has 7 rings (SSSR count). The van der Waals surface area contributed by atoms with Gasteiger partial charge in [-0.2, -0.15) is 22.0 Å². The standard InChI is InChI=1S/C39H41ClFN5O5S/c1-44-36-30-11-12-32(40)35(36)37-31(33(43-46(37)3)20-50-15-14-49-4)22-52-21-26-19-27(45(2)42-26)9-7-23-16-24-18-25(41)8-10-28(24)34(17-23)51-13-5-6-29(30)38(44)39(47)48/h8,10-12,16-19H,5-7,9,13-15,20-22H2,1-4H3,(H,47,48). The Morgan fingerprint density at radius 3 is 2.62 bits per heavy atom. The first-order valence-electron chi connectivity index (χ1n) is 17.2.